The Morgan fingerprint density at radius 3 is 2.93 bits per heavy atom. The molecule has 1 saturated carbocycles. The van der Waals surface area contributed by atoms with Crippen molar-refractivity contribution < 1.29 is 0 Å². The summed E-state index contributed by atoms with van der Waals surface area (Å²) in [5, 5.41) is 3.54. The van der Waals surface area contributed by atoms with Gasteiger partial charge in [-0.05, 0) is 56.0 Å². The van der Waals surface area contributed by atoms with Crippen molar-refractivity contribution in [3.05, 3.63) is 33.8 Å². The van der Waals surface area contributed by atoms with E-state index in [0.29, 0.717) is 0 Å². The van der Waals surface area contributed by atoms with Crippen LogP contribution in [0.4, 0.5) is 0 Å². The van der Waals surface area contributed by atoms with E-state index >= 15 is 0 Å². The highest BCUT2D eigenvalue weighted by Crippen LogP contribution is 2.19. The minimum Gasteiger partial charge on any atom is -0.314 e. The molecule has 0 heterocycles. The summed E-state index contributed by atoms with van der Waals surface area (Å²) in [6.07, 6.45) is 3.89. The van der Waals surface area contributed by atoms with Gasteiger partial charge in [-0.3, -0.25) is 0 Å². The Morgan fingerprint density at radius 2 is 2.21 bits per heavy atom. The molecule has 1 aromatic rings. The average molecular weight is 254 g/mol. The predicted molar refractivity (Wildman–Crippen MR) is 63.6 cm³/mol. The third kappa shape index (κ3) is 2.82. The van der Waals surface area contributed by atoms with E-state index in [-0.39, 0.29) is 0 Å². The number of aryl methyl sites for hydroxylation is 1. The molecule has 0 radical (unpaired) electrons. The molecule has 0 unspecified atom stereocenters. The topological polar surface area (TPSA) is 12.0 Å². The Morgan fingerprint density at radius 1 is 1.43 bits per heavy atom. The summed E-state index contributed by atoms with van der Waals surface area (Å²) in [6, 6.07) is 7.33. The fourth-order valence-electron chi connectivity index (χ4n) is 1.61. The second kappa shape index (κ2) is 4.45. The van der Waals surface area contributed by atoms with E-state index in [9.17, 15) is 0 Å². The van der Waals surface area contributed by atoms with Gasteiger partial charge in [0, 0.05) is 10.5 Å². The van der Waals surface area contributed by atoms with Crippen LogP contribution in [-0.4, -0.2) is 12.6 Å². The van der Waals surface area contributed by atoms with Crippen LogP contribution in [0.3, 0.4) is 0 Å². The highest BCUT2D eigenvalue weighted by Gasteiger charge is 2.19. The zero-order valence-corrected chi connectivity index (χ0v) is 10.1. The van der Waals surface area contributed by atoms with Gasteiger partial charge >= 0.3 is 0 Å². The molecule has 1 nitrogen and oxygen atoms in total. The Kier molecular flexibility index (Phi) is 3.24. The SMILES string of the molecule is Cc1ccc(Br)cc1CCNC1CC1. The fourth-order valence-corrected chi connectivity index (χ4v) is 2.02. The monoisotopic (exact) mass is 253 g/mol. The van der Waals surface area contributed by atoms with Crippen molar-refractivity contribution in [2.24, 2.45) is 0 Å². The van der Waals surface area contributed by atoms with Crippen molar-refractivity contribution in [3.8, 4) is 0 Å². The number of benzene rings is 1. The summed E-state index contributed by atoms with van der Waals surface area (Å²) >= 11 is 3.51. The Balaban J connectivity index is 1.89. The van der Waals surface area contributed by atoms with Crippen molar-refractivity contribution in [2.45, 2.75) is 32.2 Å². The quantitative estimate of drug-likeness (QED) is 0.870. The molecular weight excluding hydrogens is 238 g/mol. The van der Waals surface area contributed by atoms with E-state index in [4.69, 9.17) is 0 Å². The van der Waals surface area contributed by atoms with E-state index in [0.717, 1.165) is 19.0 Å². The van der Waals surface area contributed by atoms with Crippen molar-refractivity contribution in [1.29, 1.82) is 0 Å². The normalized spacial score (nSPS) is 15.9. The standard InChI is InChI=1S/C12H16BrN/c1-9-2-3-11(13)8-10(9)6-7-14-12-4-5-12/h2-3,8,12,14H,4-7H2,1H3. The summed E-state index contributed by atoms with van der Waals surface area (Å²) in [7, 11) is 0. The van der Waals surface area contributed by atoms with Crippen molar-refractivity contribution >= 4 is 15.9 Å². The largest absolute Gasteiger partial charge is 0.314 e. The minimum atomic E-state index is 0.822. The number of rotatable bonds is 4. The van der Waals surface area contributed by atoms with E-state index in [1.807, 2.05) is 0 Å². The molecule has 14 heavy (non-hydrogen) atoms. The third-order valence-electron chi connectivity index (χ3n) is 2.72. The van der Waals surface area contributed by atoms with Gasteiger partial charge in [0.15, 0.2) is 0 Å². The van der Waals surface area contributed by atoms with E-state index in [2.05, 4.69) is 46.4 Å². The lowest BCUT2D eigenvalue weighted by molar-refractivity contribution is 0.680. The summed E-state index contributed by atoms with van der Waals surface area (Å²) < 4.78 is 1.18. The number of hydrogen-bond donors (Lipinski definition) is 1. The first-order valence-electron chi connectivity index (χ1n) is 5.24. The van der Waals surface area contributed by atoms with Gasteiger partial charge in [-0.15, -0.1) is 0 Å². The Bertz CT molecular complexity index is 318. The molecule has 1 fully saturated rings. The molecule has 1 aliphatic carbocycles. The van der Waals surface area contributed by atoms with Crippen molar-refractivity contribution in [3.63, 3.8) is 0 Å². The van der Waals surface area contributed by atoms with Crippen molar-refractivity contribution in [1.82, 2.24) is 5.32 Å². The van der Waals surface area contributed by atoms with Crippen LogP contribution in [-0.2, 0) is 6.42 Å². The molecular formula is C12H16BrN. The lowest BCUT2D eigenvalue weighted by Gasteiger charge is -2.07. The Hall–Kier alpha value is -0.340. The molecule has 76 valence electrons. The van der Waals surface area contributed by atoms with Crippen LogP contribution >= 0.6 is 15.9 Å². The molecule has 1 N–H and O–H groups in total. The van der Waals surface area contributed by atoms with Gasteiger partial charge in [-0.2, -0.15) is 0 Å². The summed E-state index contributed by atoms with van der Waals surface area (Å²) in [5.41, 5.74) is 2.85. The van der Waals surface area contributed by atoms with Crippen LogP contribution in [0.5, 0.6) is 0 Å². The summed E-state index contributed by atoms with van der Waals surface area (Å²) in [4.78, 5) is 0. The molecule has 1 aromatic carbocycles. The lowest BCUT2D eigenvalue weighted by Crippen LogP contribution is -2.19. The number of nitrogens with one attached hydrogen (secondary N) is 1. The van der Waals surface area contributed by atoms with Gasteiger partial charge in [-0.25, -0.2) is 0 Å². The fraction of sp³-hybridized carbons (Fsp3) is 0.500. The molecule has 0 aliphatic heterocycles. The maximum atomic E-state index is 3.54. The van der Waals surface area contributed by atoms with Crippen LogP contribution in [0.1, 0.15) is 24.0 Å². The maximum absolute atomic E-state index is 3.54. The van der Waals surface area contributed by atoms with Crippen LogP contribution in [0, 0.1) is 6.92 Å². The molecule has 0 bridgehead atoms. The molecule has 0 spiro atoms. The number of hydrogen-bond acceptors (Lipinski definition) is 1. The van der Waals surface area contributed by atoms with Gasteiger partial charge in [0.25, 0.3) is 0 Å². The third-order valence-corrected chi connectivity index (χ3v) is 3.21. The smallest absolute Gasteiger partial charge is 0.0178 e. The lowest BCUT2D eigenvalue weighted by atomic mass is 10.1. The minimum absolute atomic E-state index is 0.822. The number of halogens is 1. The van der Waals surface area contributed by atoms with Crippen LogP contribution in [0.15, 0.2) is 22.7 Å². The first kappa shape index (κ1) is 10.2. The second-order valence-corrected chi connectivity index (χ2v) is 4.96. The molecule has 2 heteroatoms. The van der Waals surface area contributed by atoms with Gasteiger partial charge in [0.1, 0.15) is 0 Å². The van der Waals surface area contributed by atoms with Crippen LogP contribution in [0.2, 0.25) is 0 Å². The van der Waals surface area contributed by atoms with Gasteiger partial charge in [0.2, 0.25) is 0 Å². The molecule has 2 rings (SSSR count). The predicted octanol–water partition coefficient (Wildman–Crippen LogP) is 3.05. The highest BCUT2D eigenvalue weighted by molar-refractivity contribution is 9.10. The second-order valence-electron chi connectivity index (χ2n) is 4.05. The van der Waals surface area contributed by atoms with E-state index in [1.54, 1.807) is 0 Å². The Labute approximate surface area is 94.0 Å². The van der Waals surface area contributed by atoms with Crippen LogP contribution in [0.25, 0.3) is 0 Å². The first-order valence-corrected chi connectivity index (χ1v) is 6.03. The van der Waals surface area contributed by atoms with E-state index in [1.165, 1.54) is 28.4 Å². The summed E-state index contributed by atoms with van der Waals surface area (Å²) in [5.74, 6) is 0. The zero-order valence-electron chi connectivity index (χ0n) is 8.52. The zero-order chi connectivity index (χ0) is 9.97. The van der Waals surface area contributed by atoms with Crippen LogP contribution < -0.4 is 5.32 Å². The first-order chi connectivity index (χ1) is 6.75. The van der Waals surface area contributed by atoms with Gasteiger partial charge < -0.3 is 5.32 Å². The molecule has 0 aromatic heterocycles. The van der Waals surface area contributed by atoms with E-state index < -0.39 is 0 Å². The average Bonchev–Trinajstić information content (AvgIpc) is 2.95. The maximum Gasteiger partial charge on any atom is 0.0178 e. The summed E-state index contributed by atoms with van der Waals surface area (Å²) in [6.45, 7) is 3.29. The highest BCUT2D eigenvalue weighted by atomic mass is 79.9. The van der Waals surface area contributed by atoms with Crippen molar-refractivity contribution in [2.75, 3.05) is 6.54 Å². The molecule has 0 atom stereocenters. The molecule has 1 aliphatic rings. The van der Waals surface area contributed by atoms with Gasteiger partial charge in [0.05, 0.1) is 0 Å². The molecule has 0 saturated heterocycles. The molecule has 0 amide bonds. The van der Waals surface area contributed by atoms with Gasteiger partial charge in [-0.1, -0.05) is 22.0 Å².